The summed E-state index contributed by atoms with van der Waals surface area (Å²) in [5, 5.41) is 10.7. The third-order valence-electron chi connectivity index (χ3n) is 2.21. The molecule has 0 aliphatic heterocycles. The summed E-state index contributed by atoms with van der Waals surface area (Å²) in [5.41, 5.74) is 0.889. The van der Waals surface area contributed by atoms with E-state index in [0.29, 0.717) is 0 Å². The van der Waals surface area contributed by atoms with Gasteiger partial charge in [-0.1, -0.05) is 12.1 Å². The quantitative estimate of drug-likeness (QED) is 0.598. The maximum Gasteiger partial charge on any atom is 0.310 e. The molecule has 1 aromatic heterocycles. The third kappa shape index (κ3) is 2.78. The number of nitro groups is 1. The van der Waals surface area contributed by atoms with Crippen molar-refractivity contribution in [3.05, 3.63) is 64.5 Å². The van der Waals surface area contributed by atoms with Crippen molar-refractivity contribution in [2.75, 3.05) is 0 Å². The summed E-state index contributed by atoms with van der Waals surface area (Å²) in [5.74, 6) is 0.273. The van der Waals surface area contributed by atoms with Gasteiger partial charge in [-0.2, -0.15) is 0 Å². The van der Waals surface area contributed by atoms with Crippen molar-refractivity contribution >= 4 is 5.69 Å². The molecule has 0 N–H and O–H groups in total. The van der Waals surface area contributed by atoms with Crippen LogP contribution in [-0.2, 0) is 6.61 Å². The molecule has 17 heavy (non-hydrogen) atoms. The Labute approximate surface area is 97.8 Å². The molecule has 0 aliphatic rings. The van der Waals surface area contributed by atoms with Crippen LogP contribution in [0.4, 0.5) is 5.69 Å². The molecule has 5 nitrogen and oxygen atoms in total. The van der Waals surface area contributed by atoms with Gasteiger partial charge in [0.1, 0.15) is 6.61 Å². The molecule has 2 aromatic rings. The minimum Gasteiger partial charge on any atom is -0.482 e. The monoisotopic (exact) mass is 230 g/mol. The average Bonchev–Trinajstić information content (AvgIpc) is 2.38. The van der Waals surface area contributed by atoms with Gasteiger partial charge in [0.05, 0.1) is 4.92 Å². The third-order valence-corrected chi connectivity index (χ3v) is 2.21. The van der Waals surface area contributed by atoms with E-state index in [1.807, 2.05) is 0 Å². The molecule has 0 fully saturated rings. The lowest BCUT2D eigenvalue weighted by atomic mass is 10.3. The van der Waals surface area contributed by atoms with Gasteiger partial charge in [-0.3, -0.25) is 15.1 Å². The summed E-state index contributed by atoms with van der Waals surface area (Å²) in [6, 6.07) is 9.91. The van der Waals surface area contributed by atoms with E-state index in [1.54, 1.807) is 42.7 Å². The number of para-hydroxylation sites is 2. The van der Waals surface area contributed by atoms with Crippen molar-refractivity contribution in [3.63, 3.8) is 0 Å². The van der Waals surface area contributed by atoms with Crippen molar-refractivity contribution < 1.29 is 9.66 Å². The fraction of sp³-hybridized carbons (Fsp3) is 0.0833. The number of aromatic nitrogens is 1. The van der Waals surface area contributed by atoms with Crippen LogP contribution < -0.4 is 4.74 Å². The Kier molecular flexibility index (Phi) is 3.30. The van der Waals surface area contributed by atoms with Crippen LogP contribution in [0, 0.1) is 10.1 Å². The van der Waals surface area contributed by atoms with Gasteiger partial charge >= 0.3 is 5.69 Å². The van der Waals surface area contributed by atoms with E-state index in [0.717, 1.165) is 5.56 Å². The molecule has 2 rings (SSSR count). The predicted molar refractivity (Wildman–Crippen MR) is 61.7 cm³/mol. The van der Waals surface area contributed by atoms with Gasteiger partial charge in [-0.25, -0.2) is 0 Å². The molecule has 5 heteroatoms. The summed E-state index contributed by atoms with van der Waals surface area (Å²) in [4.78, 5) is 14.2. The van der Waals surface area contributed by atoms with E-state index in [4.69, 9.17) is 4.74 Å². The van der Waals surface area contributed by atoms with Gasteiger partial charge in [0.25, 0.3) is 0 Å². The highest BCUT2D eigenvalue weighted by Crippen LogP contribution is 2.26. The topological polar surface area (TPSA) is 65.3 Å². The van der Waals surface area contributed by atoms with Crippen LogP contribution in [0.25, 0.3) is 0 Å². The summed E-state index contributed by atoms with van der Waals surface area (Å²) in [7, 11) is 0. The van der Waals surface area contributed by atoms with Gasteiger partial charge in [0.2, 0.25) is 0 Å². The summed E-state index contributed by atoms with van der Waals surface area (Å²) in [6.07, 6.45) is 3.30. The van der Waals surface area contributed by atoms with Crippen molar-refractivity contribution in [2.45, 2.75) is 6.61 Å². The van der Waals surface area contributed by atoms with Crippen LogP contribution in [-0.4, -0.2) is 9.91 Å². The first-order valence-electron chi connectivity index (χ1n) is 5.02. The van der Waals surface area contributed by atoms with Gasteiger partial charge in [-0.15, -0.1) is 0 Å². The molecule has 0 spiro atoms. The van der Waals surface area contributed by atoms with Crippen LogP contribution in [0.2, 0.25) is 0 Å². The van der Waals surface area contributed by atoms with Gasteiger partial charge < -0.3 is 4.74 Å². The Morgan fingerprint density at radius 2 is 1.88 bits per heavy atom. The molecule has 0 amide bonds. The predicted octanol–water partition coefficient (Wildman–Crippen LogP) is 2.57. The molecule has 0 bridgehead atoms. The molecule has 0 radical (unpaired) electrons. The highest BCUT2D eigenvalue weighted by atomic mass is 16.6. The minimum absolute atomic E-state index is 0.0263. The Bertz CT molecular complexity index is 514. The Balaban J connectivity index is 2.12. The number of hydrogen-bond donors (Lipinski definition) is 0. The van der Waals surface area contributed by atoms with Gasteiger partial charge in [0, 0.05) is 18.5 Å². The zero-order chi connectivity index (χ0) is 12.1. The van der Waals surface area contributed by atoms with Crippen molar-refractivity contribution in [1.82, 2.24) is 4.98 Å². The smallest absolute Gasteiger partial charge is 0.310 e. The highest BCUT2D eigenvalue weighted by molar-refractivity contribution is 5.45. The van der Waals surface area contributed by atoms with E-state index in [1.165, 1.54) is 6.07 Å². The molecule has 0 unspecified atom stereocenters. The number of ether oxygens (including phenoxy) is 1. The molecule has 0 saturated carbocycles. The lowest BCUT2D eigenvalue weighted by molar-refractivity contribution is -0.385. The molecular formula is C12H10N2O3. The number of nitrogens with zero attached hydrogens (tertiary/aromatic N) is 2. The maximum atomic E-state index is 10.7. The number of benzene rings is 1. The largest absolute Gasteiger partial charge is 0.482 e. The van der Waals surface area contributed by atoms with Crippen LogP contribution in [0.1, 0.15) is 5.56 Å². The molecule has 0 atom stereocenters. The first kappa shape index (κ1) is 11.1. The zero-order valence-corrected chi connectivity index (χ0v) is 8.95. The van der Waals surface area contributed by atoms with Crippen molar-refractivity contribution in [3.8, 4) is 5.75 Å². The fourth-order valence-electron chi connectivity index (χ4n) is 1.37. The second-order valence-corrected chi connectivity index (χ2v) is 3.37. The van der Waals surface area contributed by atoms with Crippen LogP contribution in [0.15, 0.2) is 48.8 Å². The number of hydrogen-bond acceptors (Lipinski definition) is 4. The summed E-state index contributed by atoms with van der Waals surface area (Å²) in [6.45, 7) is 0.285. The molecule has 0 saturated heterocycles. The lowest BCUT2D eigenvalue weighted by Gasteiger charge is -2.06. The van der Waals surface area contributed by atoms with E-state index in [2.05, 4.69) is 4.98 Å². The standard InChI is InChI=1S/C12H10N2O3/c15-14(16)11-3-1-2-4-12(11)17-9-10-5-7-13-8-6-10/h1-8H,9H2. The number of nitro benzene ring substituents is 1. The van der Waals surface area contributed by atoms with Crippen molar-refractivity contribution in [1.29, 1.82) is 0 Å². The fourth-order valence-corrected chi connectivity index (χ4v) is 1.37. The Morgan fingerprint density at radius 1 is 1.18 bits per heavy atom. The maximum absolute atomic E-state index is 10.7. The average molecular weight is 230 g/mol. The van der Waals surface area contributed by atoms with Gasteiger partial charge in [-0.05, 0) is 23.8 Å². The first-order valence-corrected chi connectivity index (χ1v) is 5.02. The normalized spacial score (nSPS) is 9.88. The second kappa shape index (κ2) is 5.07. The van der Waals surface area contributed by atoms with E-state index in [9.17, 15) is 10.1 Å². The Hall–Kier alpha value is -2.43. The van der Waals surface area contributed by atoms with Crippen LogP contribution in [0.3, 0.4) is 0 Å². The van der Waals surface area contributed by atoms with Crippen LogP contribution in [0.5, 0.6) is 5.75 Å². The van der Waals surface area contributed by atoms with E-state index >= 15 is 0 Å². The minimum atomic E-state index is -0.456. The molecular weight excluding hydrogens is 220 g/mol. The van der Waals surface area contributed by atoms with Crippen LogP contribution >= 0.6 is 0 Å². The molecule has 1 aromatic carbocycles. The molecule has 86 valence electrons. The van der Waals surface area contributed by atoms with Gasteiger partial charge in [0.15, 0.2) is 5.75 Å². The SMILES string of the molecule is O=[N+]([O-])c1ccccc1OCc1ccncc1. The van der Waals surface area contributed by atoms with Crippen molar-refractivity contribution in [2.24, 2.45) is 0 Å². The number of pyridine rings is 1. The first-order chi connectivity index (χ1) is 8.27. The Morgan fingerprint density at radius 3 is 2.59 bits per heavy atom. The molecule has 1 heterocycles. The lowest BCUT2D eigenvalue weighted by Crippen LogP contribution is -1.98. The summed E-state index contributed by atoms with van der Waals surface area (Å²) < 4.78 is 5.42. The van der Waals surface area contributed by atoms with E-state index in [-0.39, 0.29) is 18.0 Å². The highest BCUT2D eigenvalue weighted by Gasteiger charge is 2.13. The summed E-state index contributed by atoms with van der Waals surface area (Å²) >= 11 is 0. The van der Waals surface area contributed by atoms with E-state index < -0.39 is 4.92 Å². The zero-order valence-electron chi connectivity index (χ0n) is 8.95. The second-order valence-electron chi connectivity index (χ2n) is 3.37. The molecule has 0 aliphatic carbocycles. The number of rotatable bonds is 4.